The monoisotopic (exact) mass is 313 g/mol. The van der Waals surface area contributed by atoms with Crippen LogP contribution in [0.25, 0.3) is 0 Å². The van der Waals surface area contributed by atoms with E-state index < -0.39 is 10.0 Å². The molecule has 0 saturated heterocycles. The maximum atomic E-state index is 12.6. The highest BCUT2D eigenvalue weighted by molar-refractivity contribution is 7.89. The van der Waals surface area contributed by atoms with Crippen LogP contribution >= 0.6 is 0 Å². The molecule has 0 spiro atoms. The first kappa shape index (κ1) is 17.9. The molecule has 0 saturated carbocycles. The summed E-state index contributed by atoms with van der Waals surface area (Å²) in [5.74, 6) is 0.415. The number of aromatic nitrogens is 1. The zero-order valence-corrected chi connectivity index (χ0v) is 14.0. The molecule has 0 aliphatic rings. The Labute approximate surface area is 128 Å². The molecule has 1 unspecified atom stereocenters. The summed E-state index contributed by atoms with van der Waals surface area (Å²) in [5.41, 5.74) is 0. The van der Waals surface area contributed by atoms with E-state index in [9.17, 15) is 8.42 Å². The minimum Gasteiger partial charge on any atom is -0.369 e. The van der Waals surface area contributed by atoms with Crippen LogP contribution in [0.2, 0.25) is 0 Å². The van der Waals surface area contributed by atoms with Crippen molar-refractivity contribution < 1.29 is 8.42 Å². The molecular weight excluding hydrogens is 286 g/mol. The number of anilines is 1. The van der Waals surface area contributed by atoms with Crippen LogP contribution in [0.4, 0.5) is 5.82 Å². The second-order valence-corrected chi connectivity index (χ2v) is 6.81. The number of hydrogen-bond acceptors (Lipinski definition) is 4. The van der Waals surface area contributed by atoms with Gasteiger partial charge in [-0.15, -0.1) is 0 Å². The van der Waals surface area contributed by atoms with Gasteiger partial charge >= 0.3 is 0 Å². The molecule has 21 heavy (non-hydrogen) atoms. The average molecular weight is 313 g/mol. The molecule has 120 valence electrons. The fourth-order valence-corrected chi connectivity index (χ4v) is 3.69. The number of sulfonamides is 1. The normalized spacial score (nSPS) is 13.1. The highest BCUT2D eigenvalue weighted by Gasteiger charge is 2.22. The van der Waals surface area contributed by atoms with Gasteiger partial charge in [0.2, 0.25) is 10.0 Å². The van der Waals surface area contributed by atoms with E-state index in [1.54, 1.807) is 18.3 Å². The predicted molar refractivity (Wildman–Crippen MR) is 86.9 cm³/mol. The van der Waals surface area contributed by atoms with Crippen LogP contribution in [0.1, 0.15) is 52.9 Å². The van der Waals surface area contributed by atoms with Crippen molar-refractivity contribution in [3.8, 4) is 0 Å². The Morgan fingerprint density at radius 3 is 2.57 bits per heavy atom. The summed E-state index contributed by atoms with van der Waals surface area (Å²) >= 11 is 0. The summed E-state index contributed by atoms with van der Waals surface area (Å²) in [6.07, 6.45) is 6.38. The van der Waals surface area contributed by atoms with E-state index in [2.05, 4.69) is 28.9 Å². The number of rotatable bonds is 10. The maximum absolute atomic E-state index is 12.6. The molecule has 2 N–H and O–H groups in total. The lowest BCUT2D eigenvalue weighted by atomic mass is 10.1. The predicted octanol–water partition coefficient (Wildman–Crippen LogP) is 3.15. The molecular formula is C15H27N3O2S. The third-order valence-corrected chi connectivity index (χ3v) is 4.82. The topological polar surface area (TPSA) is 71.1 Å². The van der Waals surface area contributed by atoms with E-state index in [4.69, 9.17) is 0 Å². The Morgan fingerprint density at radius 1 is 1.19 bits per heavy atom. The van der Waals surface area contributed by atoms with Crippen molar-refractivity contribution in [1.29, 1.82) is 0 Å². The second kappa shape index (κ2) is 9.00. The second-order valence-electron chi connectivity index (χ2n) is 5.13. The standard InChI is InChI=1S/C15H27N3O2S/c1-4-7-10-13(9-5-2)18-21(19,20)14-11-8-12-17-15(14)16-6-3/h8,11-13,18H,4-7,9-10H2,1-3H3,(H,16,17). The van der Waals surface area contributed by atoms with Crippen molar-refractivity contribution in [1.82, 2.24) is 9.71 Å². The highest BCUT2D eigenvalue weighted by Crippen LogP contribution is 2.19. The van der Waals surface area contributed by atoms with Crippen molar-refractivity contribution in [2.75, 3.05) is 11.9 Å². The fraction of sp³-hybridized carbons (Fsp3) is 0.667. The zero-order valence-electron chi connectivity index (χ0n) is 13.2. The molecule has 0 amide bonds. The summed E-state index contributed by atoms with van der Waals surface area (Å²) in [4.78, 5) is 4.35. The number of nitrogens with zero attached hydrogens (tertiary/aromatic N) is 1. The van der Waals surface area contributed by atoms with Gasteiger partial charge in [-0.2, -0.15) is 0 Å². The van der Waals surface area contributed by atoms with Crippen molar-refractivity contribution in [2.24, 2.45) is 0 Å². The molecule has 6 heteroatoms. The van der Waals surface area contributed by atoms with Crippen molar-refractivity contribution in [2.45, 2.75) is 63.8 Å². The van der Waals surface area contributed by atoms with Crippen LogP contribution in [0, 0.1) is 0 Å². The Morgan fingerprint density at radius 2 is 1.95 bits per heavy atom. The largest absolute Gasteiger partial charge is 0.369 e. The SMILES string of the molecule is CCCCC(CCC)NS(=O)(=O)c1cccnc1NCC. The Hall–Kier alpha value is -1.14. The molecule has 1 atom stereocenters. The van der Waals surface area contributed by atoms with Gasteiger partial charge in [0.15, 0.2) is 0 Å². The highest BCUT2D eigenvalue weighted by atomic mass is 32.2. The van der Waals surface area contributed by atoms with Gasteiger partial charge < -0.3 is 5.32 Å². The van der Waals surface area contributed by atoms with Gasteiger partial charge in [0.05, 0.1) is 0 Å². The number of unbranched alkanes of at least 4 members (excludes halogenated alkanes) is 1. The Balaban J connectivity index is 2.93. The summed E-state index contributed by atoms with van der Waals surface area (Å²) < 4.78 is 28.0. The minimum absolute atomic E-state index is 0.00497. The third-order valence-electron chi connectivity index (χ3n) is 3.27. The van der Waals surface area contributed by atoms with Gasteiger partial charge in [-0.1, -0.05) is 33.1 Å². The molecule has 0 aliphatic carbocycles. The van der Waals surface area contributed by atoms with Crippen LogP contribution in [0.5, 0.6) is 0 Å². The quantitative estimate of drug-likeness (QED) is 0.696. The molecule has 0 aliphatic heterocycles. The Bertz CT molecular complexity index is 517. The molecule has 5 nitrogen and oxygen atoms in total. The lowest BCUT2D eigenvalue weighted by Crippen LogP contribution is -2.35. The van der Waals surface area contributed by atoms with Gasteiger partial charge in [0, 0.05) is 18.8 Å². The summed E-state index contributed by atoms with van der Waals surface area (Å²) in [6, 6.07) is 3.24. The fourth-order valence-electron chi connectivity index (χ4n) is 2.25. The first-order valence-electron chi connectivity index (χ1n) is 7.76. The molecule has 0 bridgehead atoms. The smallest absolute Gasteiger partial charge is 0.244 e. The van der Waals surface area contributed by atoms with Crippen LogP contribution < -0.4 is 10.0 Å². The summed E-state index contributed by atoms with van der Waals surface area (Å²) in [6.45, 7) is 6.73. The van der Waals surface area contributed by atoms with Gasteiger partial charge in [0.25, 0.3) is 0 Å². The number of hydrogen-bond donors (Lipinski definition) is 2. The third kappa shape index (κ3) is 5.63. The molecule has 1 aromatic heterocycles. The Kier molecular flexibility index (Phi) is 7.67. The van der Waals surface area contributed by atoms with Gasteiger partial charge in [-0.25, -0.2) is 18.1 Å². The van der Waals surface area contributed by atoms with Gasteiger partial charge in [-0.05, 0) is 31.9 Å². The minimum atomic E-state index is -3.54. The van der Waals surface area contributed by atoms with Crippen molar-refractivity contribution in [3.05, 3.63) is 18.3 Å². The van der Waals surface area contributed by atoms with Crippen molar-refractivity contribution >= 4 is 15.8 Å². The summed E-state index contributed by atoms with van der Waals surface area (Å²) in [5, 5.41) is 3.00. The van der Waals surface area contributed by atoms with E-state index in [-0.39, 0.29) is 10.9 Å². The van der Waals surface area contributed by atoms with E-state index in [1.165, 1.54) is 0 Å². The first-order chi connectivity index (χ1) is 10.0. The molecule has 1 rings (SSSR count). The lowest BCUT2D eigenvalue weighted by Gasteiger charge is -2.19. The lowest BCUT2D eigenvalue weighted by molar-refractivity contribution is 0.483. The van der Waals surface area contributed by atoms with Crippen LogP contribution in [0.3, 0.4) is 0 Å². The molecule has 1 heterocycles. The van der Waals surface area contributed by atoms with Crippen LogP contribution in [-0.4, -0.2) is 26.0 Å². The van der Waals surface area contributed by atoms with E-state index in [0.717, 1.165) is 32.1 Å². The van der Waals surface area contributed by atoms with E-state index in [1.807, 2.05) is 6.92 Å². The molecule has 1 aromatic rings. The molecule has 0 radical (unpaired) electrons. The molecule has 0 fully saturated rings. The number of nitrogens with one attached hydrogen (secondary N) is 2. The van der Waals surface area contributed by atoms with Gasteiger partial charge in [-0.3, -0.25) is 0 Å². The van der Waals surface area contributed by atoms with E-state index >= 15 is 0 Å². The van der Waals surface area contributed by atoms with E-state index in [0.29, 0.717) is 12.4 Å². The first-order valence-corrected chi connectivity index (χ1v) is 9.24. The summed E-state index contributed by atoms with van der Waals surface area (Å²) in [7, 11) is -3.54. The zero-order chi connectivity index (χ0) is 15.7. The van der Waals surface area contributed by atoms with Crippen LogP contribution in [-0.2, 0) is 10.0 Å². The maximum Gasteiger partial charge on any atom is 0.244 e. The average Bonchev–Trinajstić information content (AvgIpc) is 2.45. The van der Waals surface area contributed by atoms with Crippen molar-refractivity contribution in [3.63, 3.8) is 0 Å². The van der Waals surface area contributed by atoms with Gasteiger partial charge in [0.1, 0.15) is 10.7 Å². The molecule has 0 aromatic carbocycles. The number of pyridine rings is 1. The van der Waals surface area contributed by atoms with Crippen LogP contribution in [0.15, 0.2) is 23.2 Å².